The highest BCUT2D eigenvalue weighted by atomic mass is 32.1. The zero-order valence-electron chi connectivity index (χ0n) is 11.5. The first-order chi connectivity index (χ1) is 9.56. The first kappa shape index (κ1) is 13.2. The number of fused-ring (bicyclic) bond motifs is 1. The first-order valence-corrected chi connectivity index (χ1v) is 7.52. The SMILES string of the molecule is CCC(C)(C(=O)O)n1nnnc1-c1cc2c(s1)CCC2. The Balaban J connectivity index is 2.07. The molecule has 0 aliphatic heterocycles. The Kier molecular flexibility index (Phi) is 3.08. The van der Waals surface area contributed by atoms with Crippen molar-refractivity contribution in [1.29, 1.82) is 0 Å². The van der Waals surface area contributed by atoms with Gasteiger partial charge in [-0.1, -0.05) is 6.92 Å². The second kappa shape index (κ2) is 4.66. The molecule has 6 nitrogen and oxygen atoms in total. The summed E-state index contributed by atoms with van der Waals surface area (Å²) in [5.41, 5.74) is 0.237. The van der Waals surface area contributed by atoms with Gasteiger partial charge in [0.15, 0.2) is 11.4 Å². The van der Waals surface area contributed by atoms with Crippen molar-refractivity contribution < 1.29 is 9.90 Å². The zero-order chi connectivity index (χ0) is 14.3. The number of aryl methyl sites for hydroxylation is 2. The van der Waals surface area contributed by atoms with Crippen molar-refractivity contribution in [2.45, 2.75) is 45.1 Å². The summed E-state index contributed by atoms with van der Waals surface area (Å²) in [5.74, 6) is -0.367. The number of thiophene rings is 1. The summed E-state index contributed by atoms with van der Waals surface area (Å²) in [6.45, 7) is 3.48. The lowest BCUT2D eigenvalue weighted by molar-refractivity contribution is -0.147. The van der Waals surface area contributed by atoms with Gasteiger partial charge in [-0.05, 0) is 54.7 Å². The highest BCUT2D eigenvalue weighted by Gasteiger charge is 2.37. The number of nitrogens with zero attached hydrogens (tertiary/aromatic N) is 4. The molecule has 1 aliphatic carbocycles. The molecule has 1 aliphatic rings. The highest BCUT2D eigenvalue weighted by molar-refractivity contribution is 7.15. The van der Waals surface area contributed by atoms with Crippen LogP contribution >= 0.6 is 11.3 Å². The molecule has 106 valence electrons. The Morgan fingerprint density at radius 3 is 3.00 bits per heavy atom. The minimum atomic E-state index is -1.12. The van der Waals surface area contributed by atoms with Crippen LogP contribution in [0.1, 0.15) is 37.1 Å². The average molecular weight is 292 g/mol. The molecular formula is C13H16N4O2S. The Bertz CT molecular complexity index is 642. The van der Waals surface area contributed by atoms with Crippen LogP contribution in [0.15, 0.2) is 6.07 Å². The molecule has 2 aromatic rings. The predicted molar refractivity (Wildman–Crippen MR) is 74.7 cm³/mol. The van der Waals surface area contributed by atoms with Crippen LogP contribution in [0.2, 0.25) is 0 Å². The molecule has 0 aromatic carbocycles. The smallest absolute Gasteiger partial charge is 0.331 e. The van der Waals surface area contributed by atoms with Gasteiger partial charge in [0, 0.05) is 4.88 Å². The van der Waals surface area contributed by atoms with E-state index in [0.717, 1.165) is 17.7 Å². The third-order valence-corrected chi connectivity index (χ3v) is 5.29. The minimum absolute atomic E-state index is 0.422. The van der Waals surface area contributed by atoms with Crippen molar-refractivity contribution in [2.24, 2.45) is 0 Å². The highest BCUT2D eigenvalue weighted by Crippen LogP contribution is 2.37. The van der Waals surface area contributed by atoms with Gasteiger partial charge < -0.3 is 5.11 Å². The van der Waals surface area contributed by atoms with E-state index < -0.39 is 11.5 Å². The fourth-order valence-corrected chi connectivity index (χ4v) is 3.73. The van der Waals surface area contributed by atoms with Crippen LogP contribution in [0.5, 0.6) is 0 Å². The van der Waals surface area contributed by atoms with E-state index in [0.29, 0.717) is 12.2 Å². The summed E-state index contributed by atoms with van der Waals surface area (Å²) >= 11 is 1.68. The largest absolute Gasteiger partial charge is 0.479 e. The maximum absolute atomic E-state index is 11.6. The lowest BCUT2D eigenvalue weighted by Gasteiger charge is -2.23. The van der Waals surface area contributed by atoms with Crippen LogP contribution in [0.4, 0.5) is 0 Å². The summed E-state index contributed by atoms with van der Waals surface area (Å²) in [5, 5.41) is 21.1. The molecule has 3 rings (SSSR count). The number of tetrazole rings is 1. The molecule has 2 heterocycles. The van der Waals surface area contributed by atoms with E-state index in [1.807, 2.05) is 6.92 Å². The molecule has 2 aromatic heterocycles. The molecule has 0 amide bonds. The first-order valence-electron chi connectivity index (χ1n) is 6.70. The van der Waals surface area contributed by atoms with Crippen molar-refractivity contribution in [3.05, 3.63) is 16.5 Å². The Hall–Kier alpha value is -1.76. The maximum atomic E-state index is 11.6. The zero-order valence-corrected chi connectivity index (χ0v) is 12.3. The van der Waals surface area contributed by atoms with E-state index in [1.165, 1.54) is 21.5 Å². The number of carboxylic acid groups (broad SMARTS) is 1. The summed E-state index contributed by atoms with van der Waals surface area (Å²) < 4.78 is 1.44. The number of aliphatic carboxylic acids is 1. The second-order valence-corrected chi connectivity index (χ2v) is 6.40. The standard InChI is InChI=1S/C13H16N4O2S/c1-3-13(2,12(18)19)17-11(14-15-16-17)10-7-8-5-4-6-9(8)20-10/h7H,3-6H2,1-2H3,(H,18,19). The molecule has 0 saturated carbocycles. The quantitative estimate of drug-likeness (QED) is 0.933. The predicted octanol–water partition coefficient (Wildman–Crippen LogP) is 2.10. The van der Waals surface area contributed by atoms with E-state index in [4.69, 9.17) is 0 Å². The fraction of sp³-hybridized carbons (Fsp3) is 0.538. The molecule has 1 unspecified atom stereocenters. The van der Waals surface area contributed by atoms with Crippen LogP contribution in [-0.4, -0.2) is 31.3 Å². The van der Waals surface area contributed by atoms with Gasteiger partial charge in [-0.2, -0.15) is 0 Å². The van der Waals surface area contributed by atoms with E-state index in [2.05, 4.69) is 21.6 Å². The molecular weight excluding hydrogens is 276 g/mol. The van der Waals surface area contributed by atoms with E-state index in [-0.39, 0.29) is 0 Å². The van der Waals surface area contributed by atoms with Gasteiger partial charge in [-0.3, -0.25) is 0 Å². The number of hydrogen-bond acceptors (Lipinski definition) is 5. The molecule has 20 heavy (non-hydrogen) atoms. The van der Waals surface area contributed by atoms with Crippen LogP contribution in [0.3, 0.4) is 0 Å². The van der Waals surface area contributed by atoms with Gasteiger partial charge in [0.25, 0.3) is 0 Å². The van der Waals surface area contributed by atoms with Crippen LogP contribution in [0.25, 0.3) is 10.7 Å². The van der Waals surface area contributed by atoms with E-state index in [1.54, 1.807) is 18.3 Å². The van der Waals surface area contributed by atoms with Crippen molar-refractivity contribution >= 4 is 17.3 Å². The van der Waals surface area contributed by atoms with Crippen LogP contribution < -0.4 is 0 Å². The molecule has 0 fully saturated rings. The normalized spacial score (nSPS) is 16.9. The number of rotatable bonds is 4. The number of carboxylic acids is 1. The van der Waals surface area contributed by atoms with Gasteiger partial charge in [0.2, 0.25) is 0 Å². The topological polar surface area (TPSA) is 80.9 Å². The van der Waals surface area contributed by atoms with E-state index >= 15 is 0 Å². The molecule has 0 radical (unpaired) electrons. The molecule has 1 atom stereocenters. The molecule has 0 saturated heterocycles. The lowest BCUT2D eigenvalue weighted by Crippen LogP contribution is -2.39. The Labute approximate surface area is 120 Å². The van der Waals surface area contributed by atoms with E-state index in [9.17, 15) is 9.90 Å². The van der Waals surface area contributed by atoms with Gasteiger partial charge in [0.05, 0.1) is 4.88 Å². The number of aromatic nitrogens is 4. The summed E-state index contributed by atoms with van der Waals surface area (Å²) in [6, 6.07) is 2.10. The van der Waals surface area contributed by atoms with Crippen molar-refractivity contribution in [1.82, 2.24) is 20.2 Å². The van der Waals surface area contributed by atoms with Gasteiger partial charge >= 0.3 is 5.97 Å². The second-order valence-electron chi connectivity index (χ2n) is 5.26. The number of carbonyl (C=O) groups is 1. The Morgan fingerprint density at radius 2 is 2.35 bits per heavy atom. The molecule has 0 bridgehead atoms. The minimum Gasteiger partial charge on any atom is -0.479 e. The Morgan fingerprint density at radius 1 is 1.55 bits per heavy atom. The van der Waals surface area contributed by atoms with Gasteiger partial charge in [0.1, 0.15) is 0 Å². The lowest BCUT2D eigenvalue weighted by atomic mass is 9.99. The summed E-state index contributed by atoms with van der Waals surface area (Å²) in [7, 11) is 0. The molecule has 1 N–H and O–H groups in total. The summed E-state index contributed by atoms with van der Waals surface area (Å²) in [4.78, 5) is 13.9. The maximum Gasteiger partial charge on any atom is 0.331 e. The monoisotopic (exact) mass is 292 g/mol. The third kappa shape index (κ3) is 1.84. The fourth-order valence-electron chi connectivity index (χ4n) is 2.50. The average Bonchev–Trinajstić information content (AvgIpc) is 3.10. The van der Waals surface area contributed by atoms with Gasteiger partial charge in [-0.25, -0.2) is 9.48 Å². The van der Waals surface area contributed by atoms with Crippen LogP contribution in [0, 0.1) is 0 Å². The third-order valence-electron chi connectivity index (χ3n) is 4.05. The van der Waals surface area contributed by atoms with Crippen molar-refractivity contribution in [2.75, 3.05) is 0 Å². The molecule has 7 heteroatoms. The van der Waals surface area contributed by atoms with Crippen molar-refractivity contribution in [3.8, 4) is 10.7 Å². The number of hydrogen-bond donors (Lipinski definition) is 1. The molecule has 0 spiro atoms. The van der Waals surface area contributed by atoms with Crippen LogP contribution in [-0.2, 0) is 23.2 Å². The van der Waals surface area contributed by atoms with Gasteiger partial charge in [-0.15, -0.1) is 16.4 Å². The van der Waals surface area contributed by atoms with Crippen molar-refractivity contribution in [3.63, 3.8) is 0 Å². The summed E-state index contributed by atoms with van der Waals surface area (Å²) in [6.07, 6.45) is 3.82.